The molecule has 6 nitrogen and oxygen atoms in total. The summed E-state index contributed by atoms with van der Waals surface area (Å²) in [6, 6.07) is 12.5. The van der Waals surface area contributed by atoms with E-state index in [0.29, 0.717) is 17.2 Å². The number of fused-ring (bicyclic) bond motifs is 1. The zero-order valence-electron chi connectivity index (χ0n) is 16.8. The van der Waals surface area contributed by atoms with Crippen molar-refractivity contribution >= 4 is 45.9 Å². The Morgan fingerprint density at radius 1 is 1.23 bits per heavy atom. The summed E-state index contributed by atoms with van der Waals surface area (Å²) in [5.41, 5.74) is 10.9. The number of rotatable bonds is 5. The van der Waals surface area contributed by atoms with E-state index >= 15 is 0 Å². The van der Waals surface area contributed by atoms with Gasteiger partial charge in [0.15, 0.2) is 0 Å². The van der Waals surface area contributed by atoms with E-state index in [1.807, 2.05) is 31.2 Å². The Labute approximate surface area is 184 Å². The lowest BCUT2D eigenvalue weighted by atomic mass is 9.93. The predicted octanol–water partition coefficient (Wildman–Crippen LogP) is 5.01. The number of hydrogen-bond donors (Lipinski definition) is 3. The quantitative estimate of drug-likeness (QED) is 0.491. The van der Waals surface area contributed by atoms with Crippen LogP contribution in [0.2, 0.25) is 0 Å². The van der Waals surface area contributed by atoms with Crippen molar-refractivity contribution < 1.29 is 4.39 Å². The molecule has 1 aliphatic heterocycles. The molecule has 2 heterocycles. The van der Waals surface area contributed by atoms with Crippen molar-refractivity contribution in [3.63, 3.8) is 0 Å². The largest absolute Gasteiger partial charge is 0.383 e. The van der Waals surface area contributed by atoms with E-state index in [0.717, 1.165) is 22.4 Å². The number of benzene rings is 2. The van der Waals surface area contributed by atoms with Gasteiger partial charge in [-0.15, -0.1) is 0 Å². The van der Waals surface area contributed by atoms with Crippen LogP contribution in [-0.4, -0.2) is 21.7 Å². The van der Waals surface area contributed by atoms with E-state index in [1.165, 1.54) is 12.4 Å². The van der Waals surface area contributed by atoms with Crippen LogP contribution in [0.1, 0.15) is 22.3 Å². The number of halogens is 2. The normalized spacial score (nSPS) is 12.9. The summed E-state index contributed by atoms with van der Waals surface area (Å²) in [4.78, 5) is 9.85. The highest BCUT2D eigenvalue weighted by atomic mass is 35.5. The Morgan fingerprint density at radius 3 is 2.74 bits per heavy atom. The Balaban J connectivity index is 1.79. The van der Waals surface area contributed by atoms with Crippen LogP contribution in [0.5, 0.6) is 0 Å². The van der Waals surface area contributed by atoms with Crippen molar-refractivity contribution in [2.75, 3.05) is 22.5 Å². The molecule has 0 saturated heterocycles. The molecule has 156 valence electrons. The van der Waals surface area contributed by atoms with Gasteiger partial charge in [-0.05, 0) is 36.3 Å². The Bertz CT molecular complexity index is 1240. The van der Waals surface area contributed by atoms with Crippen LogP contribution in [0, 0.1) is 18.2 Å². The molecule has 2 aromatic carbocycles. The molecule has 4 rings (SSSR count). The molecular weight excluding hydrogens is 415 g/mol. The van der Waals surface area contributed by atoms with E-state index in [-0.39, 0.29) is 28.9 Å². The molecule has 1 aliphatic rings. The fraction of sp³-hybridized carbons (Fsp3) is 0.0870. The fourth-order valence-electron chi connectivity index (χ4n) is 3.72. The maximum atomic E-state index is 14.8. The van der Waals surface area contributed by atoms with Crippen molar-refractivity contribution in [1.29, 1.82) is 5.41 Å². The number of nitrogens with zero attached hydrogens (tertiary/aromatic N) is 3. The highest BCUT2D eigenvalue weighted by Crippen LogP contribution is 2.39. The molecule has 0 aliphatic carbocycles. The lowest BCUT2D eigenvalue weighted by molar-refractivity contribution is 0.627. The lowest BCUT2D eigenvalue weighted by Gasteiger charge is -2.35. The summed E-state index contributed by atoms with van der Waals surface area (Å²) in [6.45, 7) is 6.53. The van der Waals surface area contributed by atoms with Crippen molar-refractivity contribution in [2.45, 2.75) is 6.92 Å². The molecule has 0 radical (unpaired) electrons. The van der Waals surface area contributed by atoms with Gasteiger partial charge in [-0.3, -0.25) is 5.41 Å². The van der Waals surface area contributed by atoms with Crippen LogP contribution < -0.4 is 16.0 Å². The van der Waals surface area contributed by atoms with E-state index < -0.39 is 0 Å². The van der Waals surface area contributed by atoms with Crippen LogP contribution in [0.4, 0.5) is 21.7 Å². The van der Waals surface area contributed by atoms with Gasteiger partial charge in [-0.1, -0.05) is 48.5 Å². The number of para-hydroxylation sites is 1. The average molecular weight is 435 g/mol. The molecule has 0 bridgehead atoms. The number of hydrogen-bond acceptors (Lipinski definition) is 6. The third-order valence-corrected chi connectivity index (χ3v) is 5.29. The number of aryl methyl sites for hydroxylation is 1. The first-order valence-corrected chi connectivity index (χ1v) is 9.89. The zero-order valence-corrected chi connectivity index (χ0v) is 17.5. The van der Waals surface area contributed by atoms with Gasteiger partial charge in [0.25, 0.3) is 0 Å². The van der Waals surface area contributed by atoms with Gasteiger partial charge in [0.1, 0.15) is 29.0 Å². The topological polar surface area (TPSA) is 90.9 Å². The highest BCUT2D eigenvalue weighted by Gasteiger charge is 2.26. The number of aromatic nitrogens is 2. The predicted molar refractivity (Wildman–Crippen MR) is 125 cm³/mol. The Hall–Kier alpha value is -3.71. The van der Waals surface area contributed by atoms with Gasteiger partial charge in [-0.25, -0.2) is 14.4 Å². The van der Waals surface area contributed by atoms with E-state index in [9.17, 15) is 4.39 Å². The first-order chi connectivity index (χ1) is 14.9. The van der Waals surface area contributed by atoms with Gasteiger partial charge in [0.2, 0.25) is 0 Å². The maximum Gasteiger partial charge on any atom is 0.147 e. The molecule has 0 atom stereocenters. The molecule has 0 saturated carbocycles. The van der Waals surface area contributed by atoms with Crippen LogP contribution in [0.15, 0.2) is 61.1 Å². The molecular formula is C23H20ClFN6. The minimum absolute atomic E-state index is 0.103. The molecule has 8 heteroatoms. The van der Waals surface area contributed by atoms with Crippen molar-refractivity contribution in [3.05, 3.63) is 89.1 Å². The van der Waals surface area contributed by atoms with Crippen molar-refractivity contribution in [1.82, 2.24) is 9.97 Å². The second kappa shape index (κ2) is 8.20. The Kier molecular flexibility index (Phi) is 5.44. The summed E-state index contributed by atoms with van der Waals surface area (Å²) >= 11 is 5.88. The van der Waals surface area contributed by atoms with Gasteiger partial charge in [0.05, 0.1) is 17.8 Å². The third-order valence-electron chi connectivity index (χ3n) is 5.10. The molecule has 4 N–H and O–H groups in total. The standard InChI is InChI=1S/C23H20ClFN6/c1-13-6-5-7-15-10-16(11-28-23-20(21(24)26)22(27)29-12-30-23)31(14(2)19(13)15)18-9-4-3-8-17(18)25/h3-10,12,26H,2,11H2,1H3,(H3,27,28,29,30). The first kappa shape index (κ1) is 20.6. The summed E-state index contributed by atoms with van der Waals surface area (Å²) in [5.74, 6) is 0.0649. The summed E-state index contributed by atoms with van der Waals surface area (Å²) in [6.07, 6.45) is 3.27. The minimum atomic E-state index is -0.360. The van der Waals surface area contributed by atoms with Crippen molar-refractivity contribution in [2.24, 2.45) is 0 Å². The first-order valence-electron chi connectivity index (χ1n) is 9.51. The lowest BCUT2D eigenvalue weighted by Crippen LogP contribution is -2.29. The molecule has 3 aromatic rings. The third kappa shape index (κ3) is 3.75. The second-order valence-corrected chi connectivity index (χ2v) is 7.44. The van der Waals surface area contributed by atoms with E-state index in [2.05, 4.69) is 21.9 Å². The Morgan fingerprint density at radius 2 is 2.00 bits per heavy atom. The minimum Gasteiger partial charge on any atom is -0.383 e. The molecule has 0 fully saturated rings. The van der Waals surface area contributed by atoms with Crippen LogP contribution in [-0.2, 0) is 0 Å². The molecule has 1 aromatic heterocycles. The average Bonchev–Trinajstić information content (AvgIpc) is 2.73. The van der Waals surface area contributed by atoms with Gasteiger partial charge < -0.3 is 16.0 Å². The zero-order chi connectivity index (χ0) is 22.1. The smallest absolute Gasteiger partial charge is 0.147 e. The van der Waals surface area contributed by atoms with Crippen LogP contribution >= 0.6 is 11.6 Å². The van der Waals surface area contributed by atoms with Crippen LogP contribution in [0.25, 0.3) is 11.8 Å². The van der Waals surface area contributed by atoms with Gasteiger partial charge in [0, 0.05) is 17.0 Å². The van der Waals surface area contributed by atoms with Crippen LogP contribution in [0.3, 0.4) is 0 Å². The monoisotopic (exact) mass is 434 g/mol. The van der Waals surface area contributed by atoms with Gasteiger partial charge in [-0.2, -0.15) is 0 Å². The molecule has 0 spiro atoms. The van der Waals surface area contributed by atoms with E-state index in [1.54, 1.807) is 23.1 Å². The summed E-state index contributed by atoms with van der Waals surface area (Å²) in [7, 11) is 0. The van der Waals surface area contributed by atoms with Crippen molar-refractivity contribution in [3.8, 4) is 0 Å². The number of anilines is 3. The molecule has 0 unspecified atom stereocenters. The molecule has 31 heavy (non-hydrogen) atoms. The summed E-state index contributed by atoms with van der Waals surface area (Å²) in [5, 5.41) is 10.7. The second-order valence-electron chi connectivity index (χ2n) is 7.06. The fourth-order valence-corrected chi connectivity index (χ4v) is 3.91. The highest BCUT2D eigenvalue weighted by molar-refractivity contribution is 6.69. The maximum absolute atomic E-state index is 14.8. The number of nitrogens with one attached hydrogen (secondary N) is 2. The number of nitrogens with two attached hydrogens (primary N) is 1. The molecule has 0 amide bonds. The van der Waals surface area contributed by atoms with E-state index in [4.69, 9.17) is 22.7 Å². The van der Waals surface area contributed by atoms with Gasteiger partial charge >= 0.3 is 0 Å². The summed E-state index contributed by atoms with van der Waals surface area (Å²) < 4.78 is 14.8. The SMILES string of the molecule is C=C1c2c(C)cccc2C=C(CNc2ncnc(N)c2C(=N)Cl)N1c1ccccc1F. The number of nitrogen functional groups attached to an aromatic ring is 1.